The standard InChI is InChI=1S/C27H31N3O5/c31-26(30-11-13-32-14-12-30)21-1-3-24(28-19-21)20-2-4-25-22(17-20)18-23(35-25)5-8-29-9-6-27(7-10-29)33-15-16-34-27/h1-4,17-19H,5-16H2. The molecular weight excluding hydrogens is 446 g/mol. The molecule has 0 saturated carbocycles. The second kappa shape index (κ2) is 9.70. The number of nitrogens with zero attached hydrogens (tertiary/aromatic N) is 3. The van der Waals surface area contributed by atoms with Crippen LogP contribution >= 0.6 is 0 Å². The third-order valence-corrected chi connectivity index (χ3v) is 7.28. The van der Waals surface area contributed by atoms with Crippen LogP contribution in [0.25, 0.3) is 22.2 Å². The fourth-order valence-electron chi connectivity index (χ4n) is 5.19. The molecule has 3 fully saturated rings. The number of likely N-dealkylation sites (tertiary alicyclic amines) is 1. The molecule has 8 nitrogen and oxygen atoms in total. The quantitative estimate of drug-likeness (QED) is 0.558. The minimum atomic E-state index is -0.325. The van der Waals surface area contributed by atoms with Gasteiger partial charge in [-0.3, -0.25) is 9.78 Å². The van der Waals surface area contributed by atoms with E-state index in [1.54, 1.807) is 6.20 Å². The molecule has 1 spiro atoms. The summed E-state index contributed by atoms with van der Waals surface area (Å²) in [6, 6.07) is 12.0. The molecule has 3 saturated heterocycles. The van der Waals surface area contributed by atoms with Gasteiger partial charge in [-0.15, -0.1) is 0 Å². The van der Waals surface area contributed by atoms with Crippen molar-refractivity contribution < 1.29 is 23.4 Å². The largest absolute Gasteiger partial charge is 0.461 e. The predicted octanol–water partition coefficient (Wildman–Crippen LogP) is 3.35. The number of piperidine rings is 1. The molecule has 3 aliphatic rings. The Hall–Kier alpha value is -2.78. The second-order valence-corrected chi connectivity index (χ2v) is 9.50. The molecule has 5 heterocycles. The van der Waals surface area contributed by atoms with Gasteiger partial charge in [-0.1, -0.05) is 0 Å². The highest BCUT2D eigenvalue weighted by molar-refractivity contribution is 5.94. The lowest BCUT2D eigenvalue weighted by Crippen LogP contribution is -2.45. The summed E-state index contributed by atoms with van der Waals surface area (Å²) in [6.45, 7) is 6.80. The van der Waals surface area contributed by atoms with E-state index in [2.05, 4.69) is 22.0 Å². The SMILES string of the molecule is O=C(c1ccc(-c2ccc3oc(CCN4CCC5(CC4)OCCO5)cc3c2)nc1)N1CCOCC1. The lowest BCUT2D eigenvalue weighted by Gasteiger charge is -2.37. The number of benzene rings is 1. The third kappa shape index (κ3) is 4.84. The van der Waals surface area contributed by atoms with Crippen LogP contribution in [0.4, 0.5) is 0 Å². The van der Waals surface area contributed by atoms with Crippen molar-refractivity contribution in [3.63, 3.8) is 0 Å². The Labute approximate surface area is 204 Å². The summed E-state index contributed by atoms with van der Waals surface area (Å²) in [4.78, 5) is 21.5. The van der Waals surface area contributed by atoms with Crippen LogP contribution in [0.2, 0.25) is 0 Å². The van der Waals surface area contributed by atoms with Crippen molar-refractivity contribution >= 4 is 16.9 Å². The van der Waals surface area contributed by atoms with E-state index in [9.17, 15) is 4.79 Å². The van der Waals surface area contributed by atoms with E-state index in [1.807, 2.05) is 29.2 Å². The van der Waals surface area contributed by atoms with Crippen LogP contribution in [-0.2, 0) is 20.6 Å². The van der Waals surface area contributed by atoms with Crippen LogP contribution in [0.3, 0.4) is 0 Å². The molecule has 8 heteroatoms. The highest BCUT2D eigenvalue weighted by Gasteiger charge is 2.39. The Morgan fingerprint density at radius 3 is 2.49 bits per heavy atom. The number of carbonyl (C=O) groups is 1. The summed E-state index contributed by atoms with van der Waals surface area (Å²) >= 11 is 0. The molecule has 3 aromatic rings. The number of hydrogen-bond donors (Lipinski definition) is 0. The van der Waals surface area contributed by atoms with Crippen molar-refractivity contribution in [3.8, 4) is 11.3 Å². The molecule has 0 N–H and O–H groups in total. The molecule has 0 unspecified atom stereocenters. The first-order valence-corrected chi connectivity index (χ1v) is 12.5. The van der Waals surface area contributed by atoms with Gasteiger partial charge >= 0.3 is 0 Å². The number of amides is 1. The number of aromatic nitrogens is 1. The molecule has 0 atom stereocenters. The van der Waals surface area contributed by atoms with Crippen molar-refractivity contribution in [3.05, 3.63) is 53.9 Å². The third-order valence-electron chi connectivity index (χ3n) is 7.28. The topological polar surface area (TPSA) is 77.3 Å². The second-order valence-electron chi connectivity index (χ2n) is 9.50. The van der Waals surface area contributed by atoms with Crippen molar-refractivity contribution in [1.82, 2.24) is 14.8 Å². The summed E-state index contributed by atoms with van der Waals surface area (Å²) in [5.41, 5.74) is 3.34. The van der Waals surface area contributed by atoms with Gasteiger partial charge in [0.25, 0.3) is 5.91 Å². The molecule has 184 valence electrons. The van der Waals surface area contributed by atoms with E-state index < -0.39 is 0 Å². The van der Waals surface area contributed by atoms with Crippen LogP contribution in [0, 0.1) is 0 Å². The zero-order chi connectivity index (χ0) is 23.7. The highest BCUT2D eigenvalue weighted by atomic mass is 16.7. The highest BCUT2D eigenvalue weighted by Crippen LogP contribution is 2.31. The van der Waals surface area contributed by atoms with Crippen molar-refractivity contribution in [2.24, 2.45) is 0 Å². The summed E-state index contributed by atoms with van der Waals surface area (Å²) in [6.07, 6.45) is 4.40. The number of ether oxygens (including phenoxy) is 3. The summed E-state index contributed by atoms with van der Waals surface area (Å²) in [5, 5.41) is 1.07. The lowest BCUT2D eigenvalue weighted by molar-refractivity contribution is -0.185. The normalized spacial score (nSPS) is 20.6. The minimum Gasteiger partial charge on any atom is -0.461 e. The molecular formula is C27H31N3O5. The van der Waals surface area contributed by atoms with Gasteiger partial charge < -0.3 is 28.4 Å². The monoisotopic (exact) mass is 477 g/mol. The van der Waals surface area contributed by atoms with Gasteiger partial charge in [0.1, 0.15) is 11.3 Å². The van der Waals surface area contributed by atoms with E-state index in [0.29, 0.717) is 45.1 Å². The van der Waals surface area contributed by atoms with E-state index in [4.69, 9.17) is 18.6 Å². The zero-order valence-electron chi connectivity index (χ0n) is 19.9. The number of pyridine rings is 1. The number of fused-ring (bicyclic) bond motifs is 1. The van der Waals surface area contributed by atoms with Crippen LogP contribution in [0.15, 0.2) is 47.0 Å². The van der Waals surface area contributed by atoms with Crippen molar-refractivity contribution in [2.75, 3.05) is 59.2 Å². The van der Waals surface area contributed by atoms with Gasteiger partial charge in [-0.05, 0) is 36.4 Å². The summed E-state index contributed by atoms with van der Waals surface area (Å²) < 4.78 is 23.1. The van der Waals surface area contributed by atoms with Crippen LogP contribution in [0.5, 0.6) is 0 Å². The van der Waals surface area contributed by atoms with E-state index in [1.165, 1.54) is 0 Å². The van der Waals surface area contributed by atoms with Gasteiger partial charge in [-0.2, -0.15) is 0 Å². The maximum atomic E-state index is 12.7. The first-order chi connectivity index (χ1) is 17.2. The molecule has 0 aliphatic carbocycles. The van der Waals surface area contributed by atoms with E-state index >= 15 is 0 Å². The molecule has 1 amide bonds. The average Bonchev–Trinajstić information content (AvgIpc) is 3.55. The fraction of sp³-hybridized carbons (Fsp3) is 0.481. The molecule has 0 bridgehead atoms. The molecule has 0 radical (unpaired) electrons. The number of carbonyl (C=O) groups excluding carboxylic acids is 1. The van der Waals surface area contributed by atoms with Crippen molar-refractivity contribution in [2.45, 2.75) is 25.0 Å². The Balaban J connectivity index is 1.08. The average molecular weight is 478 g/mol. The molecule has 1 aromatic carbocycles. The first kappa shape index (κ1) is 22.7. The summed E-state index contributed by atoms with van der Waals surface area (Å²) in [5.74, 6) is 0.675. The first-order valence-electron chi connectivity index (χ1n) is 12.5. The maximum Gasteiger partial charge on any atom is 0.255 e. The summed E-state index contributed by atoms with van der Waals surface area (Å²) in [7, 11) is 0. The van der Waals surface area contributed by atoms with Gasteiger partial charge in [0, 0.05) is 69.1 Å². The van der Waals surface area contributed by atoms with E-state index in [-0.39, 0.29) is 11.7 Å². The lowest BCUT2D eigenvalue weighted by atomic mass is 10.0. The molecule has 2 aromatic heterocycles. The molecule has 35 heavy (non-hydrogen) atoms. The maximum absolute atomic E-state index is 12.7. The minimum absolute atomic E-state index is 0.00875. The van der Waals surface area contributed by atoms with Gasteiger partial charge in [0.2, 0.25) is 0 Å². The van der Waals surface area contributed by atoms with Gasteiger partial charge in [0.15, 0.2) is 5.79 Å². The number of hydrogen-bond acceptors (Lipinski definition) is 7. The zero-order valence-corrected chi connectivity index (χ0v) is 19.9. The Kier molecular flexibility index (Phi) is 6.28. The number of furan rings is 1. The van der Waals surface area contributed by atoms with Crippen LogP contribution < -0.4 is 0 Å². The number of morpholine rings is 1. The smallest absolute Gasteiger partial charge is 0.255 e. The molecule has 3 aliphatic heterocycles. The fourth-order valence-corrected chi connectivity index (χ4v) is 5.19. The van der Waals surface area contributed by atoms with Crippen LogP contribution in [0.1, 0.15) is 29.0 Å². The Morgan fingerprint density at radius 1 is 0.943 bits per heavy atom. The Bertz CT molecular complexity index is 1170. The van der Waals surface area contributed by atoms with Gasteiger partial charge in [0.05, 0.1) is 37.7 Å². The Morgan fingerprint density at radius 2 is 1.74 bits per heavy atom. The molecule has 6 rings (SSSR count). The van der Waals surface area contributed by atoms with Gasteiger partial charge in [-0.25, -0.2) is 0 Å². The van der Waals surface area contributed by atoms with Crippen molar-refractivity contribution in [1.29, 1.82) is 0 Å². The number of rotatable bonds is 5. The van der Waals surface area contributed by atoms with E-state index in [0.717, 1.165) is 66.9 Å². The predicted molar refractivity (Wildman–Crippen MR) is 130 cm³/mol. The van der Waals surface area contributed by atoms with Crippen LogP contribution in [-0.4, -0.2) is 85.6 Å².